The van der Waals surface area contributed by atoms with E-state index in [2.05, 4.69) is 22.5 Å². The lowest BCUT2D eigenvalue weighted by molar-refractivity contribution is -0.117. The number of nitrogens with two attached hydrogens (primary N) is 1. The van der Waals surface area contributed by atoms with Crippen molar-refractivity contribution in [3.05, 3.63) is 58.8 Å². The van der Waals surface area contributed by atoms with Crippen LogP contribution < -0.4 is 21.7 Å². The summed E-state index contributed by atoms with van der Waals surface area (Å²) in [7, 11) is 0. The van der Waals surface area contributed by atoms with Gasteiger partial charge in [-0.05, 0) is 48.4 Å². The van der Waals surface area contributed by atoms with Crippen LogP contribution in [0.4, 0.5) is 9.18 Å². The Balaban J connectivity index is 1.59. The monoisotopic (exact) mass is 330 g/mol. The molecular formula is C17H19FN4O2. The molecule has 126 valence electrons. The number of halogens is 1. The largest absolute Gasteiger partial charge is 0.395 e. The van der Waals surface area contributed by atoms with Crippen LogP contribution >= 0.6 is 0 Å². The van der Waals surface area contributed by atoms with Crippen molar-refractivity contribution in [2.24, 2.45) is 5.73 Å². The first kappa shape index (κ1) is 16.0. The van der Waals surface area contributed by atoms with Gasteiger partial charge >= 0.3 is 6.03 Å². The Morgan fingerprint density at radius 3 is 3.00 bits per heavy atom. The van der Waals surface area contributed by atoms with E-state index in [1.165, 1.54) is 11.6 Å². The molecular weight excluding hydrogens is 311 g/mol. The molecule has 0 spiro atoms. The minimum absolute atomic E-state index is 0.00150. The minimum Gasteiger partial charge on any atom is -0.395 e. The zero-order valence-electron chi connectivity index (χ0n) is 13.1. The number of hydrogen-bond acceptors (Lipinski definition) is 3. The maximum absolute atomic E-state index is 13.4. The Hall–Kier alpha value is -2.83. The summed E-state index contributed by atoms with van der Waals surface area (Å²) in [4.78, 5) is 23.6. The van der Waals surface area contributed by atoms with E-state index in [9.17, 15) is 14.0 Å². The molecule has 1 heterocycles. The summed E-state index contributed by atoms with van der Waals surface area (Å²) in [6, 6.07) is 4.34. The van der Waals surface area contributed by atoms with Crippen molar-refractivity contribution in [2.75, 3.05) is 6.54 Å². The molecule has 0 fully saturated rings. The molecule has 0 saturated heterocycles. The number of carbonyl (C=O) groups is 2. The molecule has 3 amide bonds. The Morgan fingerprint density at radius 1 is 1.42 bits per heavy atom. The summed E-state index contributed by atoms with van der Waals surface area (Å²) in [5, 5.41) is 7.51. The lowest BCUT2D eigenvalue weighted by atomic mass is 9.98. The quantitative estimate of drug-likeness (QED) is 0.671. The Labute approximate surface area is 139 Å². The van der Waals surface area contributed by atoms with Gasteiger partial charge in [-0.2, -0.15) is 0 Å². The molecule has 0 bridgehead atoms. The number of aryl methyl sites for hydroxylation is 1. The van der Waals surface area contributed by atoms with Crippen LogP contribution in [0.2, 0.25) is 0 Å². The third-order valence-electron chi connectivity index (χ3n) is 4.41. The van der Waals surface area contributed by atoms with Crippen LogP contribution in [0.5, 0.6) is 0 Å². The van der Waals surface area contributed by atoms with E-state index in [0.717, 1.165) is 18.4 Å². The highest BCUT2D eigenvalue weighted by molar-refractivity contribution is 6.00. The molecule has 1 aromatic carbocycles. The molecule has 6 nitrogen and oxygen atoms in total. The highest BCUT2D eigenvalue weighted by Gasteiger charge is 2.25. The van der Waals surface area contributed by atoms with E-state index in [0.29, 0.717) is 13.0 Å². The topological polar surface area (TPSA) is 96.2 Å². The van der Waals surface area contributed by atoms with Crippen molar-refractivity contribution in [1.29, 1.82) is 0 Å². The predicted octanol–water partition coefficient (Wildman–Crippen LogP) is 1.36. The van der Waals surface area contributed by atoms with Gasteiger partial charge in [-0.3, -0.25) is 4.79 Å². The van der Waals surface area contributed by atoms with Crippen molar-refractivity contribution in [3.63, 3.8) is 0 Å². The molecule has 24 heavy (non-hydrogen) atoms. The number of hydrogen-bond donors (Lipinski definition) is 4. The third kappa shape index (κ3) is 3.10. The Morgan fingerprint density at radius 2 is 2.21 bits per heavy atom. The van der Waals surface area contributed by atoms with Gasteiger partial charge in [0.05, 0.1) is 11.4 Å². The van der Waals surface area contributed by atoms with Crippen LogP contribution in [0.25, 0.3) is 0 Å². The van der Waals surface area contributed by atoms with Gasteiger partial charge in [0.2, 0.25) is 0 Å². The first-order valence-electron chi connectivity index (χ1n) is 7.79. The Kier molecular flexibility index (Phi) is 4.24. The number of rotatable bonds is 4. The lowest BCUT2D eigenvalue weighted by Gasteiger charge is -2.21. The second-order valence-electron chi connectivity index (χ2n) is 5.97. The van der Waals surface area contributed by atoms with Crippen LogP contribution in [0.3, 0.4) is 0 Å². The molecule has 1 atom stereocenters. The van der Waals surface area contributed by atoms with E-state index in [4.69, 9.17) is 5.73 Å². The van der Waals surface area contributed by atoms with Gasteiger partial charge < -0.3 is 21.7 Å². The fraction of sp³-hybridized carbons (Fsp3) is 0.294. The van der Waals surface area contributed by atoms with Crippen LogP contribution in [0.1, 0.15) is 29.9 Å². The smallest absolute Gasteiger partial charge is 0.323 e. The van der Waals surface area contributed by atoms with Crippen LogP contribution in [-0.2, 0) is 11.2 Å². The lowest BCUT2D eigenvalue weighted by Crippen LogP contribution is -2.47. The first-order valence-corrected chi connectivity index (χ1v) is 7.79. The molecule has 5 N–H and O–H groups in total. The van der Waals surface area contributed by atoms with Crippen molar-refractivity contribution in [3.8, 4) is 0 Å². The van der Waals surface area contributed by atoms with E-state index >= 15 is 0 Å². The average Bonchev–Trinajstić information content (AvgIpc) is 2.93. The van der Waals surface area contributed by atoms with Crippen LogP contribution in [-0.4, -0.2) is 18.5 Å². The van der Waals surface area contributed by atoms with Gasteiger partial charge in [-0.1, -0.05) is 12.6 Å². The molecule has 1 aliphatic heterocycles. The average molecular weight is 330 g/mol. The molecule has 7 heteroatoms. The molecule has 1 aliphatic carbocycles. The fourth-order valence-corrected chi connectivity index (χ4v) is 3.15. The zero-order valence-corrected chi connectivity index (χ0v) is 13.1. The molecule has 2 aliphatic rings. The summed E-state index contributed by atoms with van der Waals surface area (Å²) in [6.07, 6.45) is 2.56. The van der Waals surface area contributed by atoms with Crippen LogP contribution in [0, 0.1) is 5.82 Å². The number of carbonyl (C=O) groups excluding carboxylic acids is 2. The van der Waals surface area contributed by atoms with Gasteiger partial charge in [0.1, 0.15) is 11.5 Å². The van der Waals surface area contributed by atoms with Crippen molar-refractivity contribution < 1.29 is 14.0 Å². The van der Waals surface area contributed by atoms with Gasteiger partial charge in [0.25, 0.3) is 5.91 Å². The minimum atomic E-state index is -0.542. The third-order valence-corrected chi connectivity index (χ3v) is 4.41. The predicted molar refractivity (Wildman–Crippen MR) is 87.1 cm³/mol. The molecule has 0 radical (unpaired) electrons. The molecule has 1 unspecified atom stereocenters. The number of nitrogens with one attached hydrogen (secondary N) is 3. The number of fused-ring (bicyclic) bond motifs is 1. The van der Waals surface area contributed by atoms with E-state index in [1.807, 2.05) is 6.07 Å². The second-order valence-corrected chi connectivity index (χ2v) is 5.97. The maximum atomic E-state index is 13.4. The highest BCUT2D eigenvalue weighted by Crippen LogP contribution is 2.35. The molecule has 0 saturated carbocycles. The highest BCUT2D eigenvalue weighted by atomic mass is 19.1. The maximum Gasteiger partial charge on any atom is 0.323 e. The first-order chi connectivity index (χ1) is 11.5. The van der Waals surface area contributed by atoms with Gasteiger partial charge in [0.15, 0.2) is 0 Å². The zero-order chi connectivity index (χ0) is 17.3. The van der Waals surface area contributed by atoms with Gasteiger partial charge in [-0.15, -0.1) is 0 Å². The van der Waals surface area contributed by atoms with Crippen molar-refractivity contribution in [2.45, 2.75) is 25.2 Å². The number of amides is 3. The normalized spacial score (nSPS) is 19.6. The number of benzene rings is 1. The van der Waals surface area contributed by atoms with E-state index in [-0.39, 0.29) is 28.8 Å². The van der Waals surface area contributed by atoms with Crippen LogP contribution in [0.15, 0.2) is 41.9 Å². The van der Waals surface area contributed by atoms with Gasteiger partial charge in [-0.25, -0.2) is 9.18 Å². The Bertz CT molecular complexity index is 757. The molecule has 1 aromatic rings. The fourth-order valence-electron chi connectivity index (χ4n) is 3.15. The van der Waals surface area contributed by atoms with Crippen molar-refractivity contribution in [1.82, 2.24) is 16.0 Å². The second kappa shape index (κ2) is 6.35. The molecule has 3 rings (SSSR count). The SMILES string of the molecule is C=C1NC(=O)NC(C(=O)NCCC2CCc3ccc(F)cc32)=C1N. The number of urea groups is 1. The van der Waals surface area contributed by atoms with Crippen molar-refractivity contribution >= 4 is 11.9 Å². The summed E-state index contributed by atoms with van der Waals surface area (Å²) >= 11 is 0. The molecule has 0 aromatic heterocycles. The summed E-state index contributed by atoms with van der Waals surface area (Å²) in [6.45, 7) is 3.99. The van der Waals surface area contributed by atoms with Gasteiger partial charge in [0, 0.05) is 6.54 Å². The summed E-state index contributed by atoms with van der Waals surface area (Å²) < 4.78 is 13.4. The summed E-state index contributed by atoms with van der Waals surface area (Å²) in [5.74, 6) is -0.473. The standard InChI is InChI=1S/C17H19FN4O2/c1-9-14(19)15(22-17(24)21-9)16(23)20-7-6-11-3-2-10-4-5-12(18)8-13(10)11/h4-5,8,11H,1-3,6-7,19H2,(H,20,23)(H2,21,22,24). The van der Waals surface area contributed by atoms with E-state index in [1.54, 1.807) is 6.07 Å². The summed E-state index contributed by atoms with van der Waals surface area (Å²) in [5.41, 5.74) is 8.26. The van der Waals surface area contributed by atoms with E-state index < -0.39 is 11.9 Å².